The van der Waals surface area contributed by atoms with Gasteiger partial charge in [-0.3, -0.25) is 9.59 Å². The highest BCUT2D eigenvalue weighted by Crippen LogP contribution is 2.17. The Morgan fingerprint density at radius 3 is 2.62 bits per heavy atom. The van der Waals surface area contributed by atoms with Gasteiger partial charge in [-0.25, -0.2) is 0 Å². The van der Waals surface area contributed by atoms with E-state index in [-0.39, 0.29) is 30.2 Å². The molecule has 6 heteroatoms. The van der Waals surface area contributed by atoms with Crippen LogP contribution in [0.4, 0.5) is 0 Å². The third-order valence-corrected chi connectivity index (χ3v) is 3.72. The summed E-state index contributed by atoms with van der Waals surface area (Å²) in [6.45, 7) is 8.31. The lowest BCUT2D eigenvalue weighted by molar-refractivity contribution is -0.138. The number of likely N-dealkylation sites (N-methyl/N-ethyl adjacent to an activating group) is 1. The van der Waals surface area contributed by atoms with Crippen LogP contribution in [-0.2, 0) is 14.3 Å². The fraction of sp³-hybridized carbons (Fsp3) is 0.867. The minimum atomic E-state index is -0.815. The summed E-state index contributed by atoms with van der Waals surface area (Å²) in [4.78, 5) is 23.1. The number of carbonyl (C=O) groups excluding carboxylic acids is 1. The molecular formula is C15H28N2O4. The van der Waals surface area contributed by atoms with Gasteiger partial charge in [0.05, 0.1) is 19.1 Å². The largest absolute Gasteiger partial charge is 0.481 e. The SMILES string of the molecule is CCNC1COCC1C(=O)NCC(CC(=O)O)CC(C)C. The number of carbonyl (C=O) groups is 2. The molecule has 0 aromatic rings. The molecule has 1 rings (SSSR count). The van der Waals surface area contributed by atoms with Crippen LogP contribution >= 0.6 is 0 Å². The van der Waals surface area contributed by atoms with E-state index < -0.39 is 5.97 Å². The van der Waals surface area contributed by atoms with E-state index in [0.717, 1.165) is 13.0 Å². The summed E-state index contributed by atoms with van der Waals surface area (Å²) in [6, 6.07) is 0.0537. The Bertz CT molecular complexity index is 347. The maximum atomic E-state index is 12.2. The van der Waals surface area contributed by atoms with Crippen molar-refractivity contribution in [1.82, 2.24) is 10.6 Å². The first-order valence-corrected chi connectivity index (χ1v) is 7.74. The zero-order valence-corrected chi connectivity index (χ0v) is 13.2. The molecule has 0 aliphatic carbocycles. The molecule has 0 aromatic heterocycles. The number of hydrogen-bond donors (Lipinski definition) is 3. The van der Waals surface area contributed by atoms with E-state index in [1.807, 2.05) is 6.92 Å². The van der Waals surface area contributed by atoms with Gasteiger partial charge in [-0.1, -0.05) is 20.8 Å². The van der Waals surface area contributed by atoms with Gasteiger partial charge in [0.15, 0.2) is 0 Å². The van der Waals surface area contributed by atoms with E-state index >= 15 is 0 Å². The number of carboxylic acid groups (broad SMARTS) is 1. The molecule has 3 unspecified atom stereocenters. The standard InChI is InChI=1S/C15H28N2O4/c1-4-16-13-9-21-8-12(13)15(20)17-7-11(5-10(2)3)6-14(18)19/h10-13,16H,4-9H2,1-3H3,(H,17,20)(H,18,19). The van der Waals surface area contributed by atoms with Crippen molar-refractivity contribution in [2.75, 3.05) is 26.3 Å². The van der Waals surface area contributed by atoms with Gasteiger partial charge in [0.25, 0.3) is 0 Å². The molecule has 1 aliphatic rings. The van der Waals surface area contributed by atoms with Crippen LogP contribution in [-0.4, -0.2) is 49.3 Å². The monoisotopic (exact) mass is 300 g/mol. The van der Waals surface area contributed by atoms with Gasteiger partial charge in [-0.05, 0) is 24.8 Å². The molecule has 3 atom stereocenters. The van der Waals surface area contributed by atoms with Crippen LogP contribution < -0.4 is 10.6 Å². The Labute approximate surface area is 126 Å². The summed E-state index contributed by atoms with van der Waals surface area (Å²) >= 11 is 0. The fourth-order valence-electron chi connectivity index (χ4n) is 2.80. The maximum absolute atomic E-state index is 12.2. The molecular weight excluding hydrogens is 272 g/mol. The summed E-state index contributed by atoms with van der Waals surface area (Å²) in [5, 5.41) is 15.1. The molecule has 0 radical (unpaired) electrons. The van der Waals surface area contributed by atoms with Crippen molar-refractivity contribution in [2.45, 2.75) is 39.7 Å². The van der Waals surface area contributed by atoms with Gasteiger partial charge in [0.2, 0.25) is 5.91 Å². The van der Waals surface area contributed by atoms with Crippen LogP contribution in [0.3, 0.4) is 0 Å². The van der Waals surface area contributed by atoms with Gasteiger partial charge in [-0.15, -0.1) is 0 Å². The molecule has 1 amide bonds. The summed E-state index contributed by atoms with van der Waals surface area (Å²) in [5.41, 5.74) is 0. The number of hydrogen-bond acceptors (Lipinski definition) is 4. The number of carboxylic acids is 1. The van der Waals surface area contributed by atoms with Crippen LogP contribution in [0, 0.1) is 17.8 Å². The minimum Gasteiger partial charge on any atom is -0.481 e. The molecule has 3 N–H and O–H groups in total. The third kappa shape index (κ3) is 6.44. The van der Waals surface area contributed by atoms with Crippen LogP contribution in [0.5, 0.6) is 0 Å². The lowest BCUT2D eigenvalue weighted by Gasteiger charge is -2.21. The quantitative estimate of drug-likeness (QED) is 0.588. The summed E-state index contributed by atoms with van der Waals surface area (Å²) in [6.07, 6.45) is 0.890. The van der Waals surface area contributed by atoms with Crippen molar-refractivity contribution in [2.24, 2.45) is 17.8 Å². The second-order valence-electron chi connectivity index (χ2n) is 6.15. The zero-order chi connectivity index (χ0) is 15.8. The average molecular weight is 300 g/mol. The smallest absolute Gasteiger partial charge is 0.303 e. The molecule has 1 heterocycles. The van der Waals surface area contributed by atoms with Gasteiger partial charge >= 0.3 is 5.97 Å². The molecule has 6 nitrogen and oxygen atoms in total. The lowest BCUT2D eigenvalue weighted by atomic mass is 9.93. The third-order valence-electron chi connectivity index (χ3n) is 3.72. The maximum Gasteiger partial charge on any atom is 0.303 e. The number of ether oxygens (including phenoxy) is 1. The topological polar surface area (TPSA) is 87.7 Å². The Hall–Kier alpha value is -1.14. The number of amides is 1. The molecule has 21 heavy (non-hydrogen) atoms. The lowest BCUT2D eigenvalue weighted by Crippen LogP contribution is -2.45. The van der Waals surface area contributed by atoms with E-state index in [1.165, 1.54) is 0 Å². The minimum absolute atomic E-state index is 0.0219. The van der Waals surface area contributed by atoms with Crippen LogP contribution in [0.15, 0.2) is 0 Å². The molecule has 122 valence electrons. The predicted molar refractivity (Wildman–Crippen MR) is 80.0 cm³/mol. The summed E-state index contributed by atoms with van der Waals surface area (Å²) < 4.78 is 5.36. The van der Waals surface area contributed by atoms with Gasteiger partial charge < -0.3 is 20.5 Å². The summed E-state index contributed by atoms with van der Waals surface area (Å²) in [5.74, 6) is -0.654. The van der Waals surface area contributed by atoms with E-state index in [2.05, 4.69) is 24.5 Å². The number of nitrogens with one attached hydrogen (secondary N) is 2. The first-order valence-electron chi connectivity index (χ1n) is 7.74. The highest BCUT2D eigenvalue weighted by molar-refractivity contribution is 5.80. The van der Waals surface area contributed by atoms with Crippen molar-refractivity contribution < 1.29 is 19.4 Å². The van der Waals surface area contributed by atoms with Gasteiger partial charge in [0.1, 0.15) is 0 Å². The molecule has 1 aliphatic heterocycles. The average Bonchev–Trinajstić information content (AvgIpc) is 2.83. The van der Waals surface area contributed by atoms with E-state index in [9.17, 15) is 9.59 Å². The van der Waals surface area contributed by atoms with E-state index in [0.29, 0.717) is 25.7 Å². The molecule has 0 bridgehead atoms. The molecule has 0 aromatic carbocycles. The molecule has 0 spiro atoms. The van der Waals surface area contributed by atoms with Crippen molar-refractivity contribution in [1.29, 1.82) is 0 Å². The first kappa shape index (κ1) is 17.9. The van der Waals surface area contributed by atoms with Gasteiger partial charge in [-0.2, -0.15) is 0 Å². The second-order valence-corrected chi connectivity index (χ2v) is 6.15. The number of aliphatic carboxylic acids is 1. The Kier molecular flexibility index (Phi) is 7.67. The molecule has 1 saturated heterocycles. The van der Waals surface area contributed by atoms with E-state index in [4.69, 9.17) is 9.84 Å². The first-order chi connectivity index (χ1) is 9.93. The highest BCUT2D eigenvalue weighted by atomic mass is 16.5. The van der Waals surface area contributed by atoms with Crippen molar-refractivity contribution in [3.8, 4) is 0 Å². The molecule has 1 fully saturated rings. The van der Waals surface area contributed by atoms with Crippen LogP contribution in [0.1, 0.15) is 33.6 Å². The Morgan fingerprint density at radius 1 is 1.33 bits per heavy atom. The van der Waals surface area contributed by atoms with Crippen molar-refractivity contribution in [3.05, 3.63) is 0 Å². The van der Waals surface area contributed by atoms with Crippen molar-refractivity contribution in [3.63, 3.8) is 0 Å². The highest BCUT2D eigenvalue weighted by Gasteiger charge is 2.33. The van der Waals surface area contributed by atoms with Crippen LogP contribution in [0.2, 0.25) is 0 Å². The second kappa shape index (κ2) is 9.00. The van der Waals surface area contributed by atoms with Crippen LogP contribution in [0.25, 0.3) is 0 Å². The normalized spacial score (nSPS) is 23.2. The van der Waals surface area contributed by atoms with Gasteiger partial charge in [0, 0.05) is 19.0 Å². The van der Waals surface area contributed by atoms with Crippen molar-refractivity contribution >= 4 is 11.9 Å². The summed E-state index contributed by atoms with van der Waals surface area (Å²) in [7, 11) is 0. The molecule has 0 saturated carbocycles. The number of rotatable bonds is 9. The zero-order valence-electron chi connectivity index (χ0n) is 13.2. The fourth-order valence-corrected chi connectivity index (χ4v) is 2.80. The Morgan fingerprint density at radius 2 is 2.05 bits per heavy atom. The Balaban J connectivity index is 2.46. The predicted octanol–water partition coefficient (Wildman–Crippen LogP) is 0.864. The van der Waals surface area contributed by atoms with E-state index in [1.54, 1.807) is 0 Å².